The van der Waals surface area contributed by atoms with Crippen LogP contribution in [0.4, 0.5) is 0 Å². The number of hydrogen-bond donors (Lipinski definition) is 1. The molecule has 3 fully saturated rings. The van der Waals surface area contributed by atoms with E-state index in [1.807, 2.05) is 0 Å². The van der Waals surface area contributed by atoms with Gasteiger partial charge < -0.3 is 5.73 Å². The van der Waals surface area contributed by atoms with Crippen molar-refractivity contribution in [3.63, 3.8) is 0 Å². The van der Waals surface area contributed by atoms with Gasteiger partial charge in [0.1, 0.15) is 0 Å². The zero-order chi connectivity index (χ0) is 12.4. The van der Waals surface area contributed by atoms with Crippen LogP contribution in [-0.4, -0.2) is 6.04 Å². The van der Waals surface area contributed by atoms with Gasteiger partial charge in [0, 0.05) is 6.04 Å². The second kappa shape index (κ2) is 5.94. The van der Waals surface area contributed by atoms with E-state index < -0.39 is 0 Å². The summed E-state index contributed by atoms with van der Waals surface area (Å²) in [6, 6.07) is 0.521. The third kappa shape index (κ3) is 2.92. The Labute approximate surface area is 113 Å². The van der Waals surface area contributed by atoms with Crippen LogP contribution < -0.4 is 5.73 Å². The smallest absolute Gasteiger partial charge is 0.00699 e. The van der Waals surface area contributed by atoms with Crippen molar-refractivity contribution in [2.24, 2.45) is 29.4 Å². The second-order valence-electron chi connectivity index (χ2n) is 7.44. The lowest BCUT2D eigenvalue weighted by molar-refractivity contribution is 0.239. The Morgan fingerprint density at radius 1 is 0.833 bits per heavy atom. The highest BCUT2D eigenvalue weighted by Gasteiger charge is 2.40. The van der Waals surface area contributed by atoms with Crippen LogP contribution in [0.3, 0.4) is 0 Å². The van der Waals surface area contributed by atoms with Gasteiger partial charge in [-0.05, 0) is 62.2 Å². The van der Waals surface area contributed by atoms with Crippen molar-refractivity contribution in [3.05, 3.63) is 0 Å². The molecule has 3 rings (SSSR count). The van der Waals surface area contributed by atoms with Gasteiger partial charge in [0.15, 0.2) is 0 Å². The van der Waals surface area contributed by atoms with E-state index in [0.29, 0.717) is 6.04 Å². The Bertz CT molecular complexity index is 254. The zero-order valence-electron chi connectivity index (χ0n) is 11.9. The molecule has 0 aromatic carbocycles. The molecule has 3 aliphatic rings. The molecule has 0 saturated heterocycles. The molecule has 4 unspecified atom stereocenters. The Morgan fingerprint density at radius 2 is 1.56 bits per heavy atom. The Hall–Kier alpha value is -0.0400. The predicted molar refractivity (Wildman–Crippen MR) is 77.3 cm³/mol. The maximum atomic E-state index is 6.58. The second-order valence-corrected chi connectivity index (χ2v) is 7.44. The van der Waals surface area contributed by atoms with Gasteiger partial charge in [-0.25, -0.2) is 0 Å². The van der Waals surface area contributed by atoms with E-state index in [2.05, 4.69) is 0 Å². The molecule has 104 valence electrons. The molecule has 1 nitrogen and oxygen atoms in total. The fraction of sp³-hybridized carbons (Fsp3) is 1.00. The summed E-state index contributed by atoms with van der Waals surface area (Å²) in [6.45, 7) is 0. The van der Waals surface area contributed by atoms with Gasteiger partial charge in [0.05, 0.1) is 0 Å². The molecule has 0 amide bonds. The molecule has 3 aliphatic carbocycles. The summed E-state index contributed by atoms with van der Waals surface area (Å²) in [5, 5.41) is 0. The standard InChI is InChI=1S/C17H31N/c18-17(14-6-4-2-1-3-5-7-14)12-16-11-13-8-9-15(16)10-13/h13-17H,1-12,18H2. The molecule has 0 heterocycles. The Morgan fingerprint density at radius 3 is 2.17 bits per heavy atom. The van der Waals surface area contributed by atoms with Crippen LogP contribution >= 0.6 is 0 Å². The van der Waals surface area contributed by atoms with Crippen molar-refractivity contribution in [1.82, 2.24) is 0 Å². The van der Waals surface area contributed by atoms with Crippen LogP contribution in [-0.2, 0) is 0 Å². The monoisotopic (exact) mass is 249 g/mol. The van der Waals surface area contributed by atoms with Crippen LogP contribution in [0.1, 0.15) is 77.0 Å². The molecular weight excluding hydrogens is 218 g/mol. The van der Waals surface area contributed by atoms with Gasteiger partial charge in [0.2, 0.25) is 0 Å². The van der Waals surface area contributed by atoms with Gasteiger partial charge in [-0.2, -0.15) is 0 Å². The summed E-state index contributed by atoms with van der Waals surface area (Å²) in [5.41, 5.74) is 6.58. The first-order valence-corrected chi connectivity index (χ1v) is 8.58. The average Bonchev–Trinajstić information content (AvgIpc) is 2.90. The molecule has 0 spiro atoms. The number of fused-ring (bicyclic) bond motifs is 2. The highest BCUT2D eigenvalue weighted by atomic mass is 14.7. The fourth-order valence-electron chi connectivity index (χ4n) is 5.12. The van der Waals surface area contributed by atoms with E-state index in [0.717, 1.165) is 23.7 Å². The third-order valence-electron chi connectivity index (χ3n) is 6.21. The highest BCUT2D eigenvalue weighted by molar-refractivity contribution is 4.92. The minimum atomic E-state index is 0.521. The van der Waals surface area contributed by atoms with Crippen LogP contribution in [0.2, 0.25) is 0 Å². The lowest BCUT2D eigenvalue weighted by atomic mass is 9.78. The molecule has 3 saturated carbocycles. The third-order valence-corrected chi connectivity index (χ3v) is 6.21. The molecule has 0 aliphatic heterocycles. The average molecular weight is 249 g/mol. The van der Waals surface area contributed by atoms with E-state index in [1.54, 1.807) is 6.42 Å². The number of nitrogens with two attached hydrogens (primary N) is 1. The van der Waals surface area contributed by atoms with Gasteiger partial charge in [-0.15, -0.1) is 0 Å². The maximum absolute atomic E-state index is 6.58. The molecule has 0 radical (unpaired) electrons. The van der Waals surface area contributed by atoms with Gasteiger partial charge >= 0.3 is 0 Å². The summed E-state index contributed by atoms with van der Waals surface area (Å²) in [7, 11) is 0. The summed E-state index contributed by atoms with van der Waals surface area (Å²) in [4.78, 5) is 0. The highest BCUT2D eigenvalue weighted by Crippen LogP contribution is 2.50. The van der Waals surface area contributed by atoms with Crippen molar-refractivity contribution in [3.8, 4) is 0 Å². The molecule has 4 atom stereocenters. The lowest BCUT2D eigenvalue weighted by Crippen LogP contribution is -2.34. The molecule has 1 heteroatoms. The largest absolute Gasteiger partial charge is 0.327 e. The SMILES string of the molecule is NC(CC1CC2CCC1C2)C1CCCCCCC1. The van der Waals surface area contributed by atoms with E-state index in [9.17, 15) is 0 Å². The maximum Gasteiger partial charge on any atom is 0.00699 e. The summed E-state index contributed by atoms with van der Waals surface area (Å²) in [6.07, 6.45) is 17.6. The van der Waals surface area contributed by atoms with Crippen LogP contribution in [0, 0.1) is 23.7 Å². The van der Waals surface area contributed by atoms with E-state index in [1.165, 1.54) is 70.6 Å². The van der Waals surface area contributed by atoms with Crippen LogP contribution in [0.25, 0.3) is 0 Å². The summed E-state index contributed by atoms with van der Waals surface area (Å²) >= 11 is 0. The van der Waals surface area contributed by atoms with Crippen molar-refractivity contribution in [2.45, 2.75) is 83.1 Å². The molecule has 2 N–H and O–H groups in total. The minimum Gasteiger partial charge on any atom is -0.327 e. The normalized spacial score (nSPS) is 39.5. The van der Waals surface area contributed by atoms with Crippen LogP contribution in [0.15, 0.2) is 0 Å². The Balaban J connectivity index is 1.49. The van der Waals surface area contributed by atoms with Gasteiger partial charge in [-0.1, -0.05) is 38.5 Å². The fourth-order valence-corrected chi connectivity index (χ4v) is 5.12. The number of hydrogen-bond acceptors (Lipinski definition) is 1. The summed E-state index contributed by atoms with van der Waals surface area (Å²) < 4.78 is 0. The Kier molecular flexibility index (Phi) is 4.28. The number of rotatable bonds is 3. The van der Waals surface area contributed by atoms with Gasteiger partial charge in [0.25, 0.3) is 0 Å². The van der Waals surface area contributed by atoms with E-state index >= 15 is 0 Å². The van der Waals surface area contributed by atoms with Crippen molar-refractivity contribution >= 4 is 0 Å². The molecule has 2 bridgehead atoms. The van der Waals surface area contributed by atoms with Crippen molar-refractivity contribution in [1.29, 1.82) is 0 Å². The topological polar surface area (TPSA) is 26.0 Å². The molecule has 0 aromatic heterocycles. The zero-order valence-corrected chi connectivity index (χ0v) is 11.9. The van der Waals surface area contributed by atoms with E-state index in [4.69, 9.17) is 5.73 Å². The lowest BCUT2D eigenvalue weighted by Gasteiger charge is -2.30. The van der Waals surface area contributed by atoms with Crippen LogP contribution in [0.5, 0.6) is 0 Å². The summed E-state index contributed by atoms with van der Waals surface area (Å²) in [5.74, 6) is 4.01. The molecule has 0 aromatic rings. The van der Waals surface area contributed by atoms with Crippen molar-refractivity contribution < 1.29 is 0 Å². The first-order chi connectivity index (χ1) is 8.83. The van der Waals surface area contributed by atoms with Crippen molar-refractivity contribution in [2.75, 3.05) is 0 Å². The molecular formula is C17H31N. The predicted octanol–water partition coefficient (Wildman–Crippen LogP) is 4.50. The van der Waals surface area contributed by atoms with E-state index in [-0.39, 0.29) is 0 Å². The quantitative estimate of drug-likeness (QED) is 0.783. The first kappa shape index (κ1) is 13.0. The minimum absolute atomic E-state index is 0.521. The molecule has 18 heavy (non-hydrogen) atoms. The van der Waals surface area contributed by atoms with Gasteiger partial charge in [-0.3, -0.25) is 0 Å². The first-order valence-electron chi connectivity index (χ1n) is 8.58.